The second-order valence-corrected chi connectivity index (χ2v) is 7.50. The molecule has 0 aromatic carbocycles. The van der Waals surface area contributed by atoms with Crippen LogP contribution in [-0.4, -0.2) is 73.2 Å². The molecule has 3 amide bonds. The van der Waals surface area contributed by atoms with Gasteiger partial charge in [0, 0.05) is 13.1 Å². The number of amides is 3. The fourth-order valence-corrected chi connectivity index (χ4v) is 3.86. The first-order valence-electron chi connectivity index (χ1n) is 8.24. The molecule has 0 saturated carbocycles. The lowest BCUT2D eigenvalue weighted by Gasteiger charge is -2.29. The third-order valence-electron chi connectivity index (χ3n) is 4.69. The number of rotatable bonds is 6. The van der Waals surface area contributed by atoms with Crippen LogP contribution in [0.5, 0.6) is 0 Å². The quantitative estimate of drug-likeness (QED) is 0.397. The summed E-state index contributed by atoms with van der Waals surface area (Å²) >= 11 is 0. The lowest BCUT2D eigenvalue weighted by atomic mass is 10.0. The molecule has 3 atom stereocenters. The summed E-state index contributed by atoms with van der Waals surface area (Å²) in [6, 6.07) is -2.05. The molecule has 3 aliphatic rings. The molecule has 3 aliphatic heterocycles. The summed E-state index contributed by atoms with van der Waals surface area (Å²) in [6.07, 6.45) is 2.82. The van der Waals surface area contributed by atoms with Crippen LogP contribution in [0.4, 0.5) is 4.79 Å². The fraction of sp³-hybridized carbons (Fsp3) is 0.846. The highest BCUT2D eigenvalue weighted by Crippen LogP contribution is 2.30. The SMILES string of the molecule is O=C(NOC[C@@H]1CCCNC1)[C@@H]1CCC2CN1C(=O)N2OS(=O)(=O)O. The number of piperidine rings is 2. The van der Waals surface area contributed by atoms with Gasteiger partial charge in [-0.15, -0.1) is 4.28 Å². The van der Waals surface area contributed by atoms with Gasteiger partial charge in [0.2, 0.25) is 0 Å². The summed E-state index contributed by atoms with van der Waals surface area (Å²) in [5.74, 6) is -0.124. The van der Waals surface area contributed by atoms with Crippen molar-refractivity contribution in [1.82, 2.24) is 20.8 Å². The molecule has 0 radical (unpaired) electrons. The predicted molar refractivity (Wildman–Crippen MR) is 83.1 cm³/mol. The van der Waals surface area contributed by atoms with Crippen molar-refractivity contribution < 1.29 is 31.7 Å². The maximum Gasteiger partial charge on any atom is 0.418 e. The van der Waals surface area contributed by atoms with Crippen LogP contribution in [0.3, 0.4) is 0 Å². The second-order valence-electron chi connectivity index (χ2n) is 6.50. The van der Waals surface area contributed by atoms with E-state index >= 15 is 0 Å². The number of urea groups is 1. The number of fused-ring (bicyclic) bond motifs is 2. The average Bonchev–Trinajstić information content (AvgIpc) is 2.79. The predicted octanol–water partition coefficient (Wildman–Crippen LogP) is -0.963. The largest absolute Gasteiger partial charge is 0.418 e. The Hall–Kier alpha value is -1.47. The minimum Gasteiger partial charge on any atom is -0.316 e. The van der Waals surface area contributed by atoms with Crippen molar-refractivity contribution in [2.24, 2.45) is 5.92 Å². The highest BCUT2D eigenvalue weighted by Gasteiger charge is 2.49. The lowest BCUT2D eigenvalue weighted by Crippen LogP contribution is -2.50. The van der Waals surface area contributed by atoms with Crippen LogP contribution in [0.2, 0.25) is 0 Å². The third kappa shape index (κ3) is 4.39. The number of carbonyl (C=O) groups excluding carboxylic acids is 2. The number of carbonyl (C=O) groups is 2. The zero-order chi connectivity index (χ0) is 18.0. The highest BCUT2D eigenvalue weighted by atomic mass is 32.3. The van der Waals surface area contributed by atoms with Gasteiger partial charge in [0.25, 0.3) is 5.91 Å². The van der Waals surface area contributed by atoms with Crippen molar-refractivity contribution in [3.05, 3.63) is 0 Å². The first kappa shape index (κ1) is 18.3. The number of nitrogens with one attached hydrogen (secondary N) is 2. The Morgan fingerprint density at radius 1 is 1.36 bits per heavy atom. The molecule has 3 heterocycles. The van der Waals surface area contributed by atoms with Crippen molar-refractivity contribution >= 4 is 22.3 Å². The fourth-order valence-electron chi connectivity index (χ4n) is 3.47. The number of nitrogens with zero attached hydrogens (tertiary/aromatic N) is 2. The van der Waals surface area contributed by atoms with E-state index in [0.717, 1.165) is 25.9 Å². The van der Waals surface area contributed by atoms with E-state index in [0.29, 0.717) is 30.4 Å². The van der Waals surface area contributed by atoms with Gasteiger partial charge in [-0.1, -0.05) is 0 Å². The zero-order valence-electron chi connectivity index (χ0n) is 13.6. The van der Waals surface area contributed by atoms with Gasteiger partial charge in [0.05, 0.1) is 12.6 Å². The molecule has 25 heavy (non-hydrogen) atoms. The van der Waals surface area contributed by atoms with Crippen molar-refractivity contribution in [3.8, 4) is 0 Å². The number of hydroxylamine groups is 3. The van der Waals surface area contributed by atoms with Crippen LogP contribution < -0.4 is 10.8 Å². The molecular weight excluding hydrogens is 356 g/mol. The highest BCUT2D eigenvalue weighted by molar-refractivity contribution is 7.80. The van der Waals surface area contributed by atoms with Gasteiger partial charge in [-0.3, -0.25) is 14.2 Å². The van der Waals surface area contributed by atoms with Crippen LogP contribution in [-0.2, 0) is 24.3 Å². The molecule has 11 nitrogen and oxygen atoms in total. The van der Waals surface area contributed by atoms with E-state index in [1.165, 1.54) is 4.90 Å². The van der Waals surface area contributed by atoms with Crippen molar-refractivity contribution in [3.63, 3.8) is 0 Å². The molecule has 2 bridgehead atoms. The summed E-state index contributed by atoms with van der Waals surface area (Å²) in [4.78, 5) is 31.0. The molecule has 3 fully saturated rings. The van der Waals surface area contributed by atoms with Crippen molar-refractivity contribution in [2.45, 2.75) is 37.8 Å². The Kier molecular flexibility index (Phi) is 5.43. The Balaban J connectivity index is 1.51. The molecule has 3 saturated heterocycles. The van der Waals surface area contributed by atoms with Crippen LogP contribution in [0.15, 0.2) is 0 Å². The number of hydrogen-bond acceptors (Lipinski definition) is 7. The molecule has 0 aromatic heterocycles. The summed E-state index contributed by atoms with van der Waals surface area (Å²) in [5.41, 5.74) is 2.38. The van der Waals surface area contributed by atoms with Crippen LogP contribution in [0.25, 0.3) is 0 Å². The topological polar surface area (TPSA) is 138 Å². The van der Waals surface area contributed by atoms with Gasteiger partial charge in [0.1, 0.15) is 6.04 Å². The maximum atomic E-state index is 12.3. The Morgan fingerprint density at radius 2 is 2.16 bits per heavy atom. The monoisotopic (exact) mass is 378 g/mol. The average molecular weight is 378 g/mol. The molecular formula is C13H22N4O7S. The molecule has 0 aliphatic carbocycles. The summed E-state index contributed by atoms with van der Waals surface area (Å²) in [6.45, 7) is 2.37. The molecule has 0 spiro atoms. The van der Waals surface area contributed by atoms with Crippen molar-refractivity contribution in [2.75, 3.05) is 26.2 Å². The normalized spacial score (nSPS) is 29.8. The van der Waals surface area contributed by atoms with E-state index in [9.17, 15) is 18.0 Å². The van der Waals surface area contributed by atoms with Gasteiger partial charge in [0.15, 0.2) is 0 Å². The second kappa shape index (κ2) is 7.41. The molecule has 1 unspecified atom stereocenters. The lowest BCUT2D eigenvalue weighted by molar-refractivity contribution is -0.140. The Morgan fingerprint density at radius 3 is 2.84 bits per heavy atom. The zero-order valence-corrected chi connectivity index (χ0v) is 14.4. The maximum absolute atomic E-state index is 12.3. The van der Waals surface area contributed by atoms with Gasteiger partial charge in [-0.2, -0.15) is 13.5 Å². The van der Waals surface area contributed by atoms with Crippen LogP contribution >= 0.6 is 0 Å². The van der Waals surface area contributed by atoms with Gasteiger partial charge < -0.3 is 10.2 Å². The summed E-state index contributed by atoms with van der Waals surface area (Å²) < 4.78 is 34.8. The van der Waals surface area contributed by atoms with E-state index in [2.05, 4.69) is 15.1 Å². The standard InChI is InChI=1S/C13H22N4O7S/c18-12(15-23-8-9-2-1-5-14-6-9)11-4-3-10-7-16(11)13(19)17(10)24-25(20,21)22/h9-11,14H,1-8H2,(H,15,18)(H,20,21,22)/t9-,10?,11+/m1/s1. The summed E-state index contributed by atoms with van der Waals surface area (Å²) in [5, 5.41) is 3.86. The molecule has 3 rings (SSSR count). The Labute approximate surface area is 145 Å². The van der Waals surface area contributed by atoms with Crippen molar-refractivity contribution in [1.29, 1.82) is 0 Å². The van der Waals surface area contributed by atoms with E-state index < -0.39 is 34.4 Å². The molecule has 12 heteroatoms. The summed E-state index contributed by atoms with van der Waals surface area (Å²) in [7, 11) is -4.80. The van der Waals surface area contributed by atoms with Crippen LogP contribution in [0, 0.1) is 5.92 Å². The minimum absolute atomic E-state index is 0.152. The minimum atomic E-state index is -4.80. The molecule has 142 valence electrons. The van der Waals surface area contributed by atoms with Gasteiger partial charge in [-0.25, -0.2) is 10.3 Å². The van der Waals surface area contributed by atoms with E-state index in [1.807, 2.05) is 0 Å². The number of hydrogen-bond donors (Lipinski definition) is 3. The van der Waals surface area contributed by atoms with E-state index in [1.54, 1.807) is 0 Å². The van der Waals surface area contributed by atoms with Gasteiger partial charge >= 0.3 is 16.4 Å². The first-order valence-corrected chi connectivity index (χ1v) is 9.61. The van der Waals surface area contributed by atoms with Gasteiger partial charge in [-0.05, 0) is 38.1 Å². The first-order chi connectivity index (χ1) is 11.8. The van der Waals surface area contributed by atoms with E-state index in [-0.39, 0.29) is 6.54 Å². The molecule has 3 N–H and O–H groups in total. The Bertz CT molecular complexity index is 622. The smallest absolute Gasteiger partial charge is 0.316 e. The van der Waals surface area contributed by atoms with E-state index in [4.69, 9.17) is 9.39 Å². The van der Waals surface area contributed by atoms with Crippen LogP contribution in [0.1, 0.15) is 25.7 Å². The third-order valence-corrected chi connectivity index (χ3v) is 5.04. The molecule has 0 aromatic rings.